The summed E-state index contributed by atoms with van der Waals surface area (Å²) in [5.41, 5.74) is 0.339. The molecule has 0 saturated heterocycles. The first kappa shape index (κ1) is 7.74. The summed E-state index contributed by atoms with van der Waals surface area (Å²) < 4.78 is 0. The molecule has 60 valence electrons. The van der Waals surface area contributed by atoms with Gasteiger partial charge in [-0.15, -0.1) is 0 Å². The van der Waals surface area contributed by atoms with Crippen molar-refractivity contribution >= 4 is 5.91 Å². The van der Waals surface area contributed by atoms with Crippen molar-refractivity contribution < 1.29 is 9.90 Å². The molecule has 0 aromatic carbocycles. The second-order valence-electron chi connectivity index (χ2n) is 2.11. The van der Waals surface area contributed by atoms with E-state index in [-0.39, 0.29) is 5.91 Å². The quantitative estimate of drug-likeness (QED) is 0.503. The molecule has 0 aliphatic rings. The Hall–Kier alpha value is -1.36. The van der Waals surface area contributed by atoms with Gasteiger partial charge in [-0.3, -0.25) is 4.79 Å². The molecule has 5 heteroatoms. The minimum Gasteiger partial charge on any atom is -0.374 e. The molecule has 0 saturated carbocycles. The molecule has 1 rings (SSSR count). The summed E-state index contributed by atoms with van der Waals surface area (Å²) in [6, 6.07) is 0. The third kappa shape index (κ3) is 2.05. The van der Waals surface area contributed by atoms with Crippen molar-refractivity contribution in [1.29, 1.82) is 0 Å². The highest BCUT2D eigenvalue weighted by molar-refractivity contribution is 5.91. The molecule has 0 aliphatic carbocycles. The number of hydrogen-bond donors (Lipinski definition) is 3. The van der Waals surface area contributed by atoms with Gasteiger partial charge < -0.3 is 15.4 Å². The molecule has 1 unspecified atom stereocenters. The van der Waals surface area contributed by atoms with Crippen LogP contribution in [0.5, 0.6) is 0 Å². The number of carbonyl (C=O) groups excluding carboxylic acids is 1. The van der Waals surface area contributed by atoms with Crippen molar-refractivity contribution in [3.8, 4) is 0 Å². The van der Waals surface area contributed by atoms with E-state index in [1.54, 1.807) is 0 Å². The maximum atomic E-state index is 11.0. The van der Waals surface area contributed by atoms with Crippen LogP contribution < -0.4 is 5.32 Å². The van der Waals surface area contributed by atoms with Gasteiger partial charge in [-0.25, -0.2) is 4.98 Å². The summed E-state index contributed by atoms with van der Waals surface area (Å²) in [5, 5.41) is 11.0. The average molecular weight is 155 g/mol. The van der Waals surface area contributed by atoms with Gasteiger partial charge in [-0.05, 0) is 6.92 Å². The Balaban J connectivity index is 2.57. The number of H-pyrrole nitrogens is 1. The molecule has 0 bridgehead atoms. The minimum absolute atomic E-state index is 0.339. The summed E-state index contributed by atoms with van der Waals surface area (Å²) >= 11 is 0. The highest BCUT2D eigenvalue weighted by atomic mass is 16.3. The molecule has 3 N–H and O–H groups in total. The van der Waals surface area contributed by atoms with Gasteiger partial charge in [-0.1, -0.05) is 0 Å². The Kier molecular flexibility index (Phi) is 2.22. The van der Waals surface area contributed by atoms with Crippen molar-refractivity contribution in [2.24, 2.45) is 0 Å². The van der Waals surface area contributed by atoms with E-state index in [0.29, 0.717) is 5.69 Å². The molecule has 1 aromatic rings. The van der Waals surface area contributed by atoms with E-state index >= 15 is 0 Å². The van der Waals surface area contributed by atoms with E-state index in [1.807, 2.05) is 0 Å². The number of aromatic nitrogens is 2. The molecule has 1 heterocycles. The lowest BCUT2D eigenvalue weighted by Crippen LogP contribution is -2.32. The van der Waals surface area contributed by atoms with Crippen LogP contribution in [-0.4, -0.2) is 27.2 Å². The number of aromatic amines is 1. The molecule has 5 nitrogen and oxygen atoms in total. The second kappa shape index (κ2) is 3.16. The standard InChI is InChI=1S/C6H9N3O2/c1-4(10)9-6(11)5-2-7-3-8-5/h2-4,10H,1H3,(H,7,8)(H,9,11). The normalized spacial score (nSPS) is 12.5. The molecular formula is C6H9N3O2. The van der Waals surface area contributed by atoms with Crippen LogP contribution in [0.1, 0.15) is 17.4 Å². The molecule has 0 radical (unpaired) electrons. The number of carbonyl (C=O) groups is 1. The van der Waals surface area contributed by atoms with Gasteiger partial charge in [0.25, 0.3) is 5.91 Å². The van der Waals surface area contributed by atoms with Crippen LogP contribution in [0, 0.1) is 0 Å². The van der Waals surface area contributed by atoms with Crippen molar-refractivity contribution in [1.82, 2.24) is 15.3 Å². The summed E-state index contributed by atoms with van der Waals surface area (Å²) in [6.07, 6.45) is 1.94. The molecule has 11 heavy (non-hydrogen) atoms. The van der Waals surface area contributed by atoms with Gasteiger partial charge in [-0.2, -0.15) is 0 Å². The average Bonchev–Trinajstić information content (AvgIpc) is 2.35. The number of imidazole rings is 1. The van der Waals surface area contributed by atoms with Crippen LogP contribution in [0.2, 0.25) is 0 Å². The van der Waals surface area contributed by atoms with Crippen LogP contribution >= 0.6 is 0 Å². The molecule has 0 spiro atoms. The Labute approximate surface area is 63.5 Å². The van der Waals surface area contributed by atoms with Crippen LogP contribution in [-0.2, 0) is 0 Å². The number of amides is 1. The number of aliphatic hydroxyl groups excluding tert-OH is 1. The Morgan fingerprint density at radius 2 is 2.64 bits per heavy atom. The Morgan fingerprint density at radius 1 is 1.91 bits per heavy atom. The Morgan fingerprint density at radius 3 is 3.09 bits per heavy atom. The van der Waals surface area contributed by atoms with E-state index in [1.165, 1.54) is 19.4 Å². The minimum atomic E-state index is -0.842. The number of hydrogen-bond acceptors (Lipinski definition) is 3. The summed E-state index contributed by atoms with van der Waals surface area (Å²) in [7, 11) is 0. The van der Waals surface area contributed by atoms with Gasteiger partial charge in [0.15, 0.2) is 0 Å². The van der Waals surface area contributed by atoms with E-state index in [4.69, 9.17) is 5.11 Å². The Bertz CT molecular complexity index is 230. The molecule has 1 aromatic heterocycles. The fourth-order valence-corrected chi connectivity index (χ4v) is 0.648. The number of nitrogens with zero attached hydrogens (tertiary/aromatic N) is 1. The maximum absolute atomic E-state index is 11.0. The highest BCUT2D eigenvalue weighted by Gasteiger charge is 2.07. The lowest BCUT2D eigenvalue weighted by Gasteiger charge is -2.04. The largest absolute Gasteiger partial charge is 0.374 e. The highest BCUT2D eigenvalue weighted by Crippen LogP contribution is 1.90. The fourth-order valence-electron chi connectivity index (χ4n) is 0.648. The number of rotatable bonds is 2. The lowest BCUT2D eigenvalue weighted by atomic mass is 10.4. The molecule has 0 fully saturated rings. The van der Waals surface area contributed by atoms with Crippen LogP contribution in [0.15, 0.2) is 12.5 Å². The van der Waals surface area contributed by atoms with Crippen LogP contribution in [0.4, 0.5) is 0 Å². The zero-order valence-corrected chi connectivity index (χ0v) is 6.03. The zero-order chi connectivity index (χ0) is 8.27. The summed E-state index contributed by atoms with van der Waals surface area (Å²) in [4.78, 5) is 17.2. The lowest BCUT2D eigenvalue weighted by molar-refractivity contribution is 0.0814. The van der Waals surface area contributed by atoms with Crippen molar-refractivity contribution in [2.45, 2.75) is 13.2 Å². The molecular weight excluding hydrogens is 146 g/mol. The van der Waals surface area contributed by atoms with Crippen LogP contribution in [0.25, 0.3) is 0 Å². The fraction of sp³-hybridized carbons (Fsp3) is 0.333. The SMILES string of the molecule is CC(O)NC(=O)c1cnc[nH]1. The van der Waals surface area contributed by atoms with Crippen molar-refractivity contribution in [3.63, 3.8) is 0 Å². The molecule has 1 amide bonds. The third-order valence-electron chi connectivity index (χ3n) is 1.08. The van der Waals surface area contributed by atoms with E-state index in [9.17, 15) is 4.79 Å². The van der Waals surface area contributed by atoms with Gasteiger partial charge in [0.2, 0.25) is 0 Å². The third-order valence-corrected chi connectivity index (χ3v) is 1.08. The monoisotopic (exact) mass is 155 g/mol. The van der Waals surface area contributed by atoms with Crippen molar-refractivity contribution in [2.75, 3.05) is 0 Å². The van der Waals surface area contributed by atoms with E-state index in [0.717, 1.165) is 0 Å². The number of nitrogens with one attached hydrogen (secondary N) is 2. The predicted octanol–water partition coefficient (Wildman–Crippen LogP) is -0.522. The van der Waals surface area contributed by atoms with E-state index in [2.05, 4.69) is 15.3 Å². The van der Waals surface area contributed by atoms with E-state index < -0.39 is 6.23 Å². The zero-order valence-electron chi connectivity index (χ0n) is 6.03. The predicted molar refractivity (Wildman–Crippen MR) is 37.7 cm³/mol. The first-order chi connectivity index (χ1) is 5.20. The van der Waals surface area contributed by atoms with Gasteiger partial charge in [0.05, 0.1) is 12.5 Å². The second-order valence-corrected chi connectivity index (χ2v) is 2.11. The summed E-state index contributed by atoms with van der Waals surface area (Å²) in [5.74, 6) is -0.363. The van der Waals surface area contributed by atoms with Gasteiger partial charge >= 0.3 is 0 Å². The van der Waals surface area contributed by atoms with Crippen molar-refractivity contribution in [3.05, 3.63) is 18.2 Å². The van der Waals surface area contributed by atoms with Crippen LogP contribution in [0.3, 0.4) is 0 Å². The maximum Gasteiger partial charge on any atom is 0.271 e. The number of aliphatic hydroxyl groups is 1. The van der Waals surface area contributed by atoms with Gasteiger partial charge in [0.1, 0.15) is 11.9 Å². The summed E-state index contributed by atoms with van der Waals surface area (Å²) in [6.45, 7) is 1.47. The topological polar surface area (TPSA) is 78.0 Å². The van der Waals surface area contributed by atoms with Gasteiger partial charge in [0, 0.05) is 0 Å². The molecule has 1 atom stereocenters. The first-order valence-corrected chi connectivity index (χ1v) is 3.17. The first-order valence-electron chi connectivity index (χ1n) is 3.17. The molecule has 0 aliphatic heterocycles. The smallest absolute Gasteiger partial charge is 0.271 e.